The van der Waals surface area contributed by atoms with Crippen LogP contribution in [0.4, 0.5) is 0 Å². The van der Waals surface area contributed by atoms with Crippen LogP contribution in [0.3, 0.4) is 0 Å². The van der Waals surface area contributed by atoms with E-state index in [1.165, 1.54) is 7.11 Å². The third-order valence-electron chi connectivity index (χ3n) is 3.94. The monoisotopic (exact) mass is 294 g/mol. The Balaban J connectivity index is 2.04. The molecule has 0 radical (unpaired) electrons. The number of hydrogen-bond donors (Lipinski definition) is 2. The molecular formula is C15H22N2O4. The molecule has 2 rings (SSSR count). The van der Waals surface area contributed by atoms with Gasteiger partial charge in [-0.2, -0.15) is 5.48 Å². The number of hydrogen-bond acceptors (Lipinski definition) is 5. The summed E-state index contributed by atoms with van der Waals surface area (Å²) < 4.78 is 5.14. The third-order valence-corrected chi connectivity index (χ3v) is 3.94. The first-order valence-electron chi connectivity index (χ1n) is 6.96. The van der Waals surface area contributed by atoms with Crippen molar-refractivity contribution in [1.29, 1.82) is 0 Å². The van der Waals surface area contributed by atoms with Crippen molar-refractivity contribution < 1.29 is 19.5 Å². The van der Waals surface area contributed by atoms with Gasteiger partial charge in [0.1, 0.15) is 12.0 Å². The second-order valence-electron chi connectivity index (χ2n) is 5.23. The summed E-state index contributed by atoms with van der Waals surface area (Å²) in [5.41, 5.74) is 3.52. The fraction of sp³-hybridized carbons (Fsp3) is 0.533. The van der Waals surface area contributed by atoms with Crippen LogP contribution in [-0.4, -0.2) is 42.9 Å². The van der Waals surface area contributed by atoms with E-state index < -0.39 is 6.23 Å². The molecule has 1 unspecified atom stereocenters. The maximum atomic E-state index is 12.2. The van der Waals surface area contributed by atoms with Crippen molar-refractivity contribution >= 4 is 5.91 Å². The Bertz CT molecular complexity index is 477. The van der Waals surface area contributed by atoms with Gasteiger partial charge < -0.3 is 19.6 Å². The first-order valence-corrected chi connectivity index (χ1v) is 6.96. The van der Waals surface area contributed by atoms with Crippen molar-refractivity contribution in [2.45, 2.75) is 25.6 Å². The molecule has 6 nitrogen and oxygen atoms in total. The predicted octanol–water partition coefficient (Wildman–Crippen LogP) is 1.07. The van der Waals surface area contributed by atoms with Crippen molar-refractivity contribution in [1.82, 2.24) is 10.4 Å². The van der Waals surface area contributed by atoms with Crippen LogP contribution in [0.2, 0.25) is 0 Å². The van der Waals surface area contributed by atoms with E-state index in [9.17, 15) is 9.90 Å². The lowest BCUT2D eigenvalue weighted by molar-refractivity contribution is -0.129. The number of hydroxylamine groups is 1. The number of methoxy groups -OCH3 is 1. The average Bonchev–Trinajstić information content (AvgIpc) is 2.89. The lowest BCUT2D eigenvalue weighted by atomic mass is 10.1. The van der Waals surface area contributed by atoms with E-state index in [2.05, 4.69) is 5.48 Å². The number of nitrogens with one attached hydrogen (secondary N) is 1. The number of aliphatic hydroxyl groups is 1. The number of amides is 1. The highest BCUT2D eigenvalue weighted by Gasteiger charge is 2.36. The summed E-state index contributed by atoms with van der Waals surface area (Å²) >= 11 is 0. The topological polar surface area (TPSA) is 71.0 Å². The molecule has 116 valence electrons. The number of benzene rings is 1. The minimum absolute atomic E-state index is 0.0387. The quantitative estimate of drug-likeness (QED) is 0.607. The van der Waals surface area contributed by atoms with Gasteiger partial charge in [-0.3, -0.25) is 4.79 Å². The van der Waals surface area contributed by atoms with Gasteiger partial charge >= 0.3 is 0 Å². The lowest BCUT2D eigenvalue weighted by Crippen LogP contribution is -2.37. The molecule has 1 amide bonds. The average molecular weight is 294 g/mol. The van der Waals surface area contributed by atoms with E-state index in [0.29, 0.717) is 13.0 Å². The van der Waals surface area contributed by atoms with Crippen LogP contribution in [0.1, 0.15) is 24.9 Å². The number of nitrogens with zero attached hydrogens (tertiary/aromatic N) is 1. The number of carbonyl (C=O) groups excluding carboxylic acids is 1. The molecule has 1 aliphatic rings. The molecule has 1 aliphatic heterocycles. The summed E-state index contributed by atoms with van der Waals surface area (Å²) in [6, 6.07) is 7.63. The van der Waals surface area contributed by atoms with Gasteiger partial charge in [0.05, 0.1) is 20.3 Å². The maximum Gasteiger partial charge on any atom is 0.223 e. The van der Waals surface area contributed by atoms with E-state index in [4.69, 9.17) is 9.57 Å². The Morgan fingerprint density at radius 1 is 1.33 bits per heavy atom. The van der Waals surface area contributed by atoms with Crippen molar-refractivity contribution in [3.8, 4) is 5.75 Å². The number of ether oxygens (including phenoxy) is 1. The van der Waals surface area contributed by atoms with E-state index in [1.54, 1.807) is 12.0 Å². The van der Waals surface area contributed by atoms with Gasteiger partial charge in [0, 0.05) is 18.9 Å². The highest BCUT2D eigenvalue weighted by Crippen LogP contribution is 2.30. The molecule has 0 bridgehead atoms. The molecule has 2 N–H and O–H groups in total. The highest BCUT2D eigenvalue weighted by atomic mass is 16.7. The van der Waals surface area contributed by atoms with Gasteiger partial charge in [0.25, 0.3) is 0 Å². The molecule has 0 spiro atoms. The first-order chi connectivity index (χ1) is 10.1. The van der Waals surface area contributed by atoms with Crippen molar-refractivity contribution in [2.24, 2.45) is 5.92 Å². The lowest BCUT2D eigenvalue weighted by Gasteiger charge is -2.26. The summed E-state index contributed by atoms with van der Waals surface area (Å²) in [6.45, 7) is 2.49. The highest BCUT2D eigenvalue weighted by molar-refractivity contribution is 5.79. The van der Waals surface area contributed by atoms with Gasteiger partial charge in [-0.15, -0.1) is 0 Å². The van der Waals surface area contributed by atoms with Gasteiger partial charge in [0.2, 0.25) is 5.91 Å². The van der Waals surface area contributed by atoms with Gasteiger partial charge in [-0.25, -0.2) is 0 Å². The zero-order valence-corrected chi connectivity index (χ0v) is 12.6. The molecule has 1 aromatic carbocycles. The summed E-state index contributed by atoms with van der Waals surface area (Å²) in [5.74, 6) is 0.662. The van der Waals surface area contributed by atoms with Crippen LogP contribution in [0.25, 0.3) is 0 Å². The number of likely N-dealkylation sites (tertiary alicyclic amines) is 1. The number of aliphatic hydroxyl groups excluding tert-OH is 1. The van der Waals surface area contributed by atoms with Crippen LogP contribution in [0, 0.1) is 5.92 Å². The fourth-order valence-electron chi connectivity index (χ4n) is 2.63. The molecule has 1 saturated heterocycles. The Hall–Kier alpha value is -1.63. The van der Waals surface area contributed by atoms with Crippen molar-refractivity contribution in [3.63, 3.8) is 0 Å². The summed E-state index contributed by atoms with van der Waals surface area (Å²) in [5, 5.41) is 9.87. The summed E-state index contributed by atoms with van der Waals surface area (Å²) in [7, 11) is 3.06. The van der Waals surface area contributed by atoms with Crippen molar-refractivity contribution in [2.75, 3.05) is 20.8 Å². The molecular weight excluding hydrogens is 272 g/mol. The summed E-state index contributed by atoms with van der Waals surface area (Å²) in [6.07, 6.45) is -0.523. The molecule has 1 fully saturated rings. The summed E-state index contributed by atoms with van der Waals surface area (Å²) in [4.78, 5) is 18.7. The second kappa shape index (κ2) is 6.89. The van der Waals surface area contributed by atoms with E-state index in [-0.39, 0.29) is 17.9 Å². The van der Waals surface area contributed by atoms with E-state index in [1.807, 2.05) is 31.2 Å². The molecule has 0 saturated carbocycles. The minimum Gasteiger partial charge on any atom is -0.497 e. The number of rotatable bonds is 6. The maximum absolute atomic E-state index is 12.2. The SMILES string of the molecule is CONC(O)[C@H]1CC(=O)N([C@@H](C)c2ccc(OC)cc2)C1. The van der Waals surface area contributed by atoms with Crippen LogP contribution in [0.5, 0.6) is 5.75 Å². The number of carbonyl (C=O) groups is 1. The Labute approximate surface area is 124 Å². The first kappa shape index (κ1) is 15.8. The third kappa shape index (κ3) is 3.53. The normalized spacial score (nSPS) is 21.4. The van der Waals surface area contributed by atoms with E-state index >= 15 is 0 Å². The fourth-order valence-corrected chi connectivity index (χ4v) is 2.63. The molecule has 3 atom stereocenters. The van der Waals surface area contributed by atoms with Gasteiger partial charge in [-0.1, -0.05) is 12.1 Å². The predicted molar refractivity (Wildman–Crippen MR) is 77.4 cm³/mol. The largest absolute Gasteiger partial charge is 0.497 e. The van der Waals surface area contributed by atoms with E-state index in [0.717, 1.165) is 11.3 Å². The van der Waals surface area contributed by atoms with Gasteiger partial charge in [0.15, 0.2) is 0 Å². The minimum atomic E-state index is -0.841. The molecule has 1 aromatic rings. The molecule has 0 aromatic heterocycles. The van der Waals surface area contributed by atoms with Crippen LogP contribution in [0.15, 0.2) is 24.3 Å². The zero-order chi connectivity index (χ0) is 15.4. The molecule has 6 heteroatoms. The van der Waals surface area contributed by atoms with Gasteiger partial charge in [-0.05, 0) is 24.6 Å². The van der Waals surface area contributed by atoms with Crippen LogP contribution < -0.4 is 10.2 Å². The Morgan fingerprint density at radius 2 is 2.00 bits per heavy atom. The molecule has 21 heavy (non-hydrogen) atoms. The molecule has 1 heterocycles. The second-order valence-corrected chi connectivity index (χ2v) is 5.23. The van der Waals surface area contributed by atoms with Crippen molar-refractivity contribution in [3.05, 3.63) is 29.8 Å². The zero-order valence-electron chi connectivity index (χ0n) is 12.6. The van der Waals surface area contributed by atoms with Crippen LogP contribution in [-0.2, 0) is 9.63 Å². The Kier molecular flexibility index (Phi) is 5.17. The van der Waals surface area contributed by atoms with Crippen LogP contribution >= 0.6 is 0 Å². The molecule has 0 aliphatic carbocycles. The Morgan fingerprint density at radius 3 is 2.57 bits per heavy atom. The standard InChI is InChI=1S/C15H22N2O4/c1-10(11-4-6-13(20-2)7-5-11)17-9-12(8-14(17)18)15(19)16-21-3/h4-7,10,12,15-16,19H,8-9H2,1-3H3/t10-,12-,15?/m0/s1. The smallest absolute Gasteiger partial charge is 0.223 e.